The minimum atomic E-state index is -3.38. The molecule has 2 aliphatic rings. The Hall–Kier alpha value is -8.11. The van der Waals surface area contributed by atoms with Gasteiger partial charge in [0.2, 0.25) is 0 Å². The van der Waals surface area contributed by atoms with Crippen molar-refractivity contribution in [2.24, 2.45) is 0 Å². The molecule has 0 N–H and O–H groups in total. The maximum Gasteiger partial charge on any atom is -1.00 e. The Morgan fingerprint density at radius 3 is 1.10 bits per heavy atom. The van der Waals surface area contributed by atoms with Gasteiger partial charge in [-0.05, 0) is 0 Å². The van der Waals surface area contributed by atoms with Crippen LogP contribution in [-0.2, 0) is 51.4 Å². The zero-order chi connectivity index (χ0) is 62.9. The van der Waals surface area contributed by atoms with Gasteiger partial charge in [0.15, 0.2) is 0 Å². The monoisotopic (exact) mass is 1360 g/mol. The fourth-order valence-electron chi connectivity index (χ4n) is 15.6. The summed E-state index contributed by atoms with van der Waals surface area (Å²) < 4.78 is 5.04. The Kier molecular flexibility index (Phi) is 19.7. The molecule has 0 unspecified atom stereocenters. The van der Waals surface area contributed by atoms with E-state index in [0.29, 0.717) is 0 Å². The van der Waals surface area contributed by atoms with E-state index in [4.69, 9.17) is 0 Å². The fraction of sp³-hybridized carbons (Fsp3) is 0.135. The molecule has 12 aromatic carbocycles. The summed E-state index contributed by atoms with van der Waals surface area (Å²) in [5, 5.41) is 11.2. The molecular weight excluding hydrogens is 1290 g/mol. The summed E-state index contributed by atoms with van der Waals surface area (Å²) in [7, 11) is -6.10. The van der Waals surface area contributed by atoms with Gasteiger partial charge in [0.25, 0.3) is 0 Å². The van der Waals surface area contributed by atoms with Gasteiger partial charge in [-0.25, -0.2) is 0 Å². The Labute approximate surface area is 580 Å². The molecule has 12 aromatic rings. The fourth-order valence-corrected chi connectivity index (χ4v) is 34.2. The predicted molar refractivity (Wildman–Crippen MR) is 397 cm³/mol. The number of allylic oxidation sites excluding steroid dienone is 4. The number of benzene rings is 12. The van der Waals surface area contributed by atoms with E-state index >= 15 is 0 Å². The zero-order valence-electron chi connectivity index (χ0n) is 54.8. The van der Waals surface area contributed by atoms with Crippen molar-refractivity contribution in [3.63, 3.8) is 0 Å². The molecule has 0 radical (unpaired) electrons. The van der Waals surface area contributed by atoms with Crippen LogP contribution in [0.5, 0.6) is 0 Å². The van der Waals surface area contributed by atoms with Gasteiger partial charge in [0, 0.05) is 0 Å². The second kappa shape index (κ2) is 28.1. The van der Waals surface area contributed by atoms with Gasteiger partial charge < -0.3 is 24.8 Å². The minimum absolute atomic E-state index is 0. The molecule has 94 heavy (non-hydrogen) atoms. The van der Waals surface area contributed by atoms with Crippen LogP contribution in [0.15, 0.2) is 331 Å². The predicted octanol–water partition coefficient (Wildman–Crippen LogP) is 9.69. The number of halogens is 2. The molecule has 0 amide bonds. The van der Waals surface area contributed by atoms with E-state index in [1.54, 1.807) is 9.76 Å². The molecule has 0 saturated heterocycles. The summed E-state index contributed by atoms with van der Waals surface area (Å²) >= 11 is -3.38. The van der Waals surface area contributed by atoms with E-state index in [1.165, 1.54) is 108 Å². The van der Waals surface area contributed by atoms with E-state index in [2.05, 4.69) is 369 Å². The van der Waals surface area contributed by atoms with Crippen molar-refractivity contribution in [1.82, 2.24) is 0 Å². The largest absolute Gasteiger partial charge is 1.00 e. The van der Waals surface area contributed by atoms with Crippen LogP contribution >= 0.6 is 0 Å². The van der Waals surface area contributed by atoms with E-state index < -0.39 is 37.4 Å². The van der Waals surface area contributed by atoms with Crippen molar-refractivity contribution in [2.75, 3.05) is 0 Å². The first-order valence-corrected chi connectivity index (χ1v) is 40.7. The van der Waals surface area contributed by atoms with E-state index in [9.17, 15) is 0 Å². The van der Waals surface area contributed by atoms with Crippen LogP contribution in [0.1, 0.15) is 81.3 Å². The topological polar surface area (TPSA) is 0 Å². The van der Waals surface area contributed by atoms with Crippen molar-refractivity contribution in [2.45, 2.75) is 78.1 Å². The van der Waals surface area contributed by atoms with Crippen molar-refractivity contribution < 1.29 is 46.1 Å². The number of fused-ring (bicyclic) bond motifs is 3. The average Bonchev–Trinajstić information content (AvgIpc) is 1.27. The number of hydrogen-bond acceptors (Lipinski definition) is 0. The van der Waals surface area contributed by atoms with Gasteiger partial charge in [-0.15, -0.1) is 0 Å². The smallest absolute Gasteiger partial charge is 1.00 e. The van der Waals surface area contributed by atoms with Crippen molar-refractivity contribution >= 4 is 64.1 Å². The van der Waals surface area contributed by atoms with Crippen LogP contribution in [-0.4, -0.2) is 19.4 Å². The van der Waals surface area contributed by atoms with Crippen LogP contribution < -0.4 is 69.6 Å². The normalized spacial score (nSPS) is 12.6. The third-order valence-electron chi connectivity index (χ3n) is 19.6. The maximum absolute atomic E-state index is 3.38. The molecule has 14 rings (SSSR count). The summed E-state index contributed by atoms with van der Waals surface area (Å²) in [6.45, 7) is 14.8. The van der Waals surface area contributed by atoms with Crippen molar-refractivity contribution in [3.8, 4) is 33.4 Å². The standard InChI is InChI=1S/C69H61Si2.C15H14.C5H5.2ClH.Zr/c1-68(2,3)64-48-60-50(46-62(64)58-41-25-27-43-66(58)70(52-29-13-7-14-30-52,53-31-15-8-16-32-53)54-33-17-9-18-34-54)45-51-47-63(65(49-61(51)60)69(4,5)6)59-42-26-28-44-67(59)71(55-35-19-10-20-36-55,56-37-21-11-22-38-56)57-39-23-12-24-40-57;1-3-8-14(9-4-1)12-7-13-15-10-5-2-6-11-15;1-2-4-5-3-1;;;/h7-44,46,48-49H,45H2,1-6H3;1-6,8-11H,12-13H2;1-3H,4H2;2*1H;/p-2. The van der Waals surface area contributed by atoms with Crippen molar-refractivity contribution in [3.05, 3.63) is 364 Å². The third-order valence-corrected chi connectivity index (χ3v) is 37.0. The molecule has 0 bridgehead atoms. The van der Waals surface area contributed by atoms with Crippen LogP contribution in [0.25, 0.3) is 33.4 Å². The molecule has 0 aliphatic heterocycles. The molecule has 0 saturated carbocycles. The van der Waals surface area contributed by atoms with E-state index in [1.807, 2.05) is 0 Å². The third kappa shape index (κ3) is 12.3. The van der Waals surface area contributed by atoms with Gasteiger partial charge in [0.1, 0.15) is 0 Å². The average molecular weight is 1370 g/mol. The molecule has 0 fully saturated rings. The van der Waals surface area contributed by atoms with Gasteiger partial charge in [-0.1, -0.05) is 18.2 Å². The Morgan fingerprint density at radius 1 is 0.362 bits per heavy atom. The Morgan fingerprint density at radius 2 is 0.713 bits per heavy atom. The first-order valence-electron chi connectivity index (χ1n) is 33.0. The van der Waals surface area contributed by atoms with Crippen LogP contribution in [0, 0.1) is 0 Å². The zero-order valence-corrected chi connectivity index (χ0v) is 60.7. The van der Waals surface area contributed by atoms with E-state index in [-0.39, 0.29) is 35.6 Å². The second-order valence-electron chi connectivity index (χ2n) is 27.3. The summed E-state index contributed by atoms with van der Waals surface area (Å²) in [4.78, 5) is 0. The summed E-state index contributed by atoms with van der Waals surface area (Å²) in [5.41, 5.74) is 16.4. The molecule has 0 atom stereocenters. The van der Waals surface area contributed by atoms with E-state index in [0.717, 1.165) is 25.7 Å². The van der Waals surface area contributed by atoms with Crippen LogP contribution in [0.3, 0.4) is 0 Å². The van der Waals surface area contributed by atoms with Gasteiger partial charge >= 0.3 is 543 Å². The first-order chi connectivity index (χ1) is 44.9. The molecule has 5 heteroatoms. The molecular formula is C89H80Cl2Si2Zr-2. The maximum atomic E-state index is 2.72. The molecule has 2 aliphatic carbocycles. The van der Waals surface area contributed by atoms with Gasteiger partial charge in [-0.3, -0.25) is 0 Å². The molecule has 0 nitrogen and oxygen atoms in total. The summed E-state index contributed by atoms with van der Waals surface area (Å²) in [6, 6.07) is 120. The first kappa shape index (κ1) is 65.9. The molecule has 0 heterocycles. The van der Waals surface area contributed by atoms with Crippen LogP contribution in [0.4, 0.5) is 0 Å². The number of rotatable bonds is 16. The summed E-state index contributed by atoms with van der Waals surface area (Å²) in [6.07, 6.45) is 11.1. The Balaban J connectivity index is 0.00000424. The Bertz CT molecular complexity index is 4470. The van der Waals surface area contributed by atoms with Gasteiger partial charge in [-0.2, -0.15) is 0 Å². The van der Waals surface area contributed by atoms with Crippen LogP contribution in [0.2, 0.25) is 0 Å². The minimum Gasteiger partial charge on any atom is -1.00 e. The molecule has 0 aromatic heterocycles. The second-order valence-corrected chi connectivity index (χ2v) is 41.3. The molecule has 464 valence electrons. The number of hydrogen-bond donors (Lipinski definition) is 0. The van der Waals surface area contributed by atoms with Crippen molar-refractivity contribution in [1.29, 1.82) is 0 Å². The van der Waals surface area contributed by atoms with Gasteiger partial charge in [0.05, 0.1) is 0 Å². The molecule has 0 spiro atoms. The SMILES string of the molecule is CC(C)(C)c1cc2c(cc1-c1ccccc1[Si](c1ccccc1)(c1ccccc1)c1ccccc1)Cc1c-2cc(C(C)(C)C)c(-c2ccccc2[Si](c2ccccc2)(c2ccccc2)c2ccccc2)[c]1[Zr]([C]1=CC=CC1)=[C](Cc1ccccc1)Cc1ccccc1.[Cl-].[Cl-]. The quantitative estimate of drug-likeness (QED) is 0.0669. The summed E-state index contributed by atoms with van der Waals surface area (Å²) in [5.74, 6) is 0.